The third-order valence-electron chi connectivity index (χ3n) is 2.36. The van der Waals surface area contributed by atoms with Crippen LogP contribution in [0.15, 0.2) is 18.2 Å². The summed E-state index contributed by atoms with van der Waals surface area (Å²) < 4.78 is 5.08. The van der Waals surface area contributed by atoms with Gasteiger partial charge in [-0.3, -0.25) is 10.1 Å². The Hall–Kier alpha value is -2.24. The van der Waals surface area contributed by atoms with Gasteiger partial charge in [0.2, 0.25) is 0 Å². The van der Waals surface area contributed by atoms with Crippen LogP contribution in [0.25, 0.3) is 0 Å². The zero-order chi connectivity index (χ0) is 15.3. The van der Waals surface area contributed by atoms with Crippen LogP contribution in [-0.2, 0) is 16.0 Å². The molecule has 0 saturated heterocycles. The van der Waals surface area contributed by atoms with E-state index in [0.717, 1.165) is 0 Å². The van der Waals surface area contributed by atoms with E-state index in [9.17, 15) is 14.7 Å². The van der Waals surface area contributed by atoms with Gasteiger partial charge in [0.25, 0.3) is 0 Å². The number of carboxylic acids is 1. The van der Waals surface area contributed by atoms with Gasteiger partial charge in [-0.2, -0.15) is 0 Å². The number of carbonyl (C=O) groups excluding carboxylic acids is 1. The maximum atomic E-state index is 11.6. The molecular formula is C14H19NO5. The Balaban J connectivity index is 2.78. The van der Waals surface area contributed by atoms with Crippen molar-refractivity contribution in [3.8, 4) is 5.75 Å². The number of phenols is 1. The van der Waals surface area contributed by atoms with E-state index in [1.54, 1.807) is 32.9 Å². The minimum Gasteiger partial charge on any atom is -0.505 e. The lowest BCUT2D eigenvalue weighted by Gasteiger charge is -2.20. The number of amides is 1. The Labute approximate surface area is 117 Å². The highest BCUT2D eigenvalue weighted by molar-refractivity contribution is 5.87. The van der Waals surface area contributed by atoms with Crippen molar-refractivity contribution < 1.29 is 24.5 Å². The van der Waals surface area contributed by atoms with Crippen molar-refractivity contribution >= 4 is 17.7 Å². The van der Waals surface area contributed by atoms with Gasteiger partial charge in [-0.15, -0.1) is 0 Å². The molecule has 0 saturated carbocycles. The van der Waals surface area contributed by atoms with Crippen molar-refractivity contribution in [2.24, 2.45) is 0 Å². The van der Waals surface area contributed by atoms with Crippen molar-refractivity contribution in [2.45, 2.75) is 39.2 Å². The molecular weight excluding hydrogens is 262 g/mol. The number of hydrogen-bond acceptors (Lipinski definition) is 4. The molecule has 0 bridgehead atoms. The minimum absolute atomic E-state index is 0.0938. The SMILES string of the molecule is CC(C)(C)OC(=O)Nc1cccc(CCC(=O)O)c1O. The second-order valence-corrected chi connectivity index (χ2v) is 5.33. The number of rotatable bonds is 4. The van der Waals surface area contributed by atoms with E-state index >= 15 is 0 Å². The maximum absolute atomic E-state index is 11.6. The number of nitrogens with one attached hydrogen (secondary N) is 1. The first-order valence-electron chi connectivity index (χ1n) is 6.21. The molecule has 3 N–H and O–H groups in total. The second-order valence-electron chi connectivity index (χ2n) is 5.33. The summed E-state index contributed by atoms with van der Waals surface area (Å²) in [5.74, 6) is -1.09. The third-order valence-corrected chi connectivity index (χ3v) is 2.36. The molecule has 0 radical (unpaired) electrons. The average Bonchev–Trinajstić information content (AvgIpc) is 2.27. The van der Waals surface area contributed by atoms with Gasteiger partial charge in [-0.05, 0) is 38.8 Å². The van der Waals surface area contributed by atoms with E-state index < -0.39 is 17.7 Å². The topological polar surface area (TPSA) is 95.9 Å². The van der Waals surface area contributed by atoms with E-state index in [0.29, 0.717) is 5.56 Å². The predicted octanol–water partition coefficient (Wildman–Crippen LogP) is 2.76. The normalized spacial score (nSPS) is 10.9. The first kappa shape index (κ1) is 15.8. The molecule has 1 aromatic carbocycles. The van der Waals surface area contributed by atoms with E-state index in [1.165, 1.54) is 6.07 Å². The van der Waals surface area contributed by atoms with Crippen LogP contribution in [0.1, 0.15) is 32.8 Å². The number of aliphatic carboxylic acids is 1. The maximum Gasteiger partial charge on any atom is 0.412 e. The zero-order valence-electron chi connectivity index (χ0n) is 11.8. The van der Waals surface area contributed by atoms with Crippen molar-refractivity contribution in [2.75, 3.05) is 5.32 Å². The lowest BCUT2D eigenvalue weighted by Crippen LogP contribution is -2.27. The number of benzene rings is 1. The lowest BCUT2D eigenvalue weighted by atomic mass is 10.1. The van der Waals surface area contributed by atoms with Gasteiger partial charge in [0.05, 0.1) is 5.69 Å². The quantitative estimate of drug-likeness (QED) is 0.737. The average molecular weight is 281 g/mol. The monoisotopic (exact) mass is 281 g/mol. The molecule has 0 atom stereocenters. The van der Waals surface area contributed by atoms with E-state index in [1.807, 2.05) is 0 Å². The summed E-state index contributed by atoms with van der Waals surface area (Å²) in [6.07, 6.45) is -0.586. The summed E-state index contributed by atoms with van der Waals surface area (Å²) in [5, 5.41) is 21.1. The molecule has 110 valence electrons. The van der Waals surface area contributed by atoms with Gasteiger partial charge in [0, 0.05) is 6.42 Å². The van der Waals surface area contributed by atoms with Gasteiger partial charge in [-0.1, -0.05) is 12.1 Å². The number of carbonyl (C=O) groups is 2. The molecule has 0 fully saturated rings. The van der Waals surface area contributed by atoms with Crippen LogP contribution < -0.4 is 5.32 Å². The highest BCUT2D eigenvalue weighted by atomic mass is 16.6. The first-order chi connectivity index (χ1) is 9.19. The minimum atomic E-state index is -0.949. The van der Waals surface area contributed by atoms with Gasteiger partial charge in [0.1, 0.15) is 11.4 Å². The van der Waals surface area contributed by atoms with Crippen LogP contribution in [0, 0.1) is 0 Å². The molecule has 0 aliphatic rings. The molecule has 1 aromatic rings. The standard InChI is InChI=1S/C14H19NO5/c1-14(2,3)20-13(19)15-10-6-4-5-9(12(10)18)7-8-11(16)17/h4-6,18H,7-8H2,1-3H3,(H,15,19)(H,16,17). The molecule has 1 rings (SSSR count). The van der Waals surface area contributed by atoms with Crippen molar-refractivity contribution in [3.05, 3.63) is 23.8 Å². The molecule has 0 aliphatic carbocycles. The summed E-state index contributed by atoms with van der Waals surface area (Å²) in [7, 11) is 0. The zero-order valence-corrected chi connectivity index (χ0v) is 11.8. The Kier molecular flexibility index (Phi) is 4.96. The Morgan fingerprint density at radius 3 is 2.50 bits per heavy atom. The van der Waals surface area contributed by atoms with Crippen LogP contribution in [0.5, 0.6) is 5.75 Å². The summed E-state index contributed by atoms with van der Waals surface area (Å²) in [6.45, 7) is 5.20. The highest BCUT2D eigenvalue weighted by Crippen LogP contribution is 2.28. The van der Waals surface area contributed by atoms with Crippen LogP contribution in [-0.4, -0.2) is 27.9 Å². The second kappa shape index (κ2) is 6.27. The Bertz CT molecular complexity index is 505. The molecule has 0 spiro atoms. The van der Waals surface area contributed by atoms with Gasteiger partial charge in [0.15, 0.2) is 0 Å². The molecule has 0 aromatic heterocycles. The fraction of sp³-hybridized carbons (Fsp3) is 0.429. The number of aryl methyl sites for hydroxylation is 1. The molecule has 6 heteroatoms. The Morgan fingerprint density at radius 1 is 1.30 bits per heavy atom. The number of phenolic OH excluding ortho intramolecular Hbond substituents is 1. The molecule has 0 heterocycles. The summed E-state index contributed by atoms with van der Waals surface area (Å²) in [4.78, 5) is 22.2. The number of ether oxygens (including phenoxy) is 1. The molecule has 1 amide bonds. The number of aromatic hydroxyl groups is 1. The van der Waals surface area contributed by atoms with E-state index in [-0.39, 0.29) is 24.3 Å². The Morgan fingerprint density at radius 2 is 1.95 bits per heavy atom. The van der Waals surface area contributed by atoms with Gasteiger partial charge < -0.3 is 14.9 Å². The largest absolute Gasteiger partial charge is 0.505 e. The number of carboxylic acid groups (broad SMARTS) is 1. The smallest absolute Gasteiger partial charge is 0.412 e. The third kappa shape index (κ3) is 5.17. The first-order valence-corrected chi connectivity index (χ1v) is 6.21. The van der Waals surface area contributed by atoms with Crippen LogP contribution in [0.3, 0.4) is 0 Å². The van der Waals surface area contributed by atoms with Crippen molar-refractivity contribution in [1.82, 2.24) is 0 Å². The van der Waals surface area contributed by atoms with E-state index in [4.69, 9.17) is 9.84 Å². The molecule has 6 nitrogen and oxygen atoms in total. The number of hydrogen-bond donors (Lipinski definition) is 3. The fourth-order valence-corrected chi connectivity index (χ4v) is 1.55. The summed E-state index contributed by atoms with van der Waals surface area (Å²) in [6, 6.07) is 4.76. The van der Waals surface area contributed by atoms with Crippen molar-refractivity contribution in [3.63, 3.8) is 0 Å². The van der Waals surface area contributed by atoms with Gasteiger partial charge >= 0.3 is 12.1 Å². The highest BCUT2D eigenvalue weighted by Gasteiger charge is 2.18. The number of anilines is 1. The van der Waals surface area contributed by atoms with E-state index in [2.05, 4.69) is 5.32 Å². The van der Waals surface area contributed by atoms with Crippen LogP contribution in [0.4, 0.5) is 10.5 Å². The molecule has 0 unspecified atom stereocenters. The molecule has 20 heavy (non-hydrogen) atoms. The van der Waals surface area contributed by atoms with Crippen LogP contribution >= 0.6 is 0 Å². The molecule has 0 aliphatic heterocycles. The summed E-state index contributed by atoms with van der Waals surface area (Å²) in [5.41, 5.74) is 0.0174. The van der Waals surface area contributed by atoms with Crippen LogP contribution in [0.2, 0.25) is 0 Å². The fourth-order valence-electron chi connectivity index (χ4n) is 1.55. The van der Waals surface area contributed by atoms with Crippen molar-refractivity contribution in [1.29, 1.82) is 0 Å². The number of para-hydroxylation sites is 1. The predicted molar refractivity (Wildman–Crippen MR) is 73.9 cm³/mol. The van der Waals surface area contributed by atoms with Gasteiger partial charge in [-0.25, -0.2) is 4.79 Å². The lowest BCUT2D eigenvalue weighted by molar-refractivity contribution is -0.136. The summed E-state index contributed by atoms with van der Waals surface area (Å²) >= 11 is 0.